The monoisotopic (exact) mass is 300 g/mol. The maximum absolute atomic E-state index is 11.8. The third kappa shape index (κ3) is 2.91. The normalized spacial score (nSPS) is 25.4. The van der Waals surface area contributed by atoms with Gasteiger partial charge in [0.25, 0.3) is 5.56 Å². The Morgan fingerprint density at radius 2 is 2.45 bits per heavy atom. The molecular formula is C10H15N5O4P+. The first-order chi connectivity index (χ1) is 9.56. The molecule has 108 valence electrons. The molecule has 1 aliphatic rings. The van der Waals surface area contributed by atoms with E-state index in [-0.39, 0.29) is 12.6 Å². The van der Waals surface area contributed by atoms with Crippen LogP contribution < -0.4 is 16.2 Å². The third-order valence-corrected chi connectivity index (χ3v) is 3.32. The van der Waals surface area contributed by atoms with Crippen molar-refractivity contribution in [3.05, 3.63) is 32.6 Å². The van der Waals surface area contributed by atoms with Gasteiger partial charge in [-0.15, -0.1) is 0 Å². The Bertz CT molecular complexity index is 650. The molecule has 2 rings (SSSR count). The number of nitrogens with zero attached hydrogens (tertiary/aromatic N) is 3. The summed E-state index contributed by atoms with van der Waals surface area (Å²) >= 11 is 0. The molecular weight excluding hydrogens is 285 g/mol. The van der Waals surface area contributed by atoms with Crippen LogP contribution in [0.4, 0.5) is 0 Å². The van der Waals surface area contributed by atoms with E-state index in [1.807, 2.05) is 0 Å². The number of ether oxygens (including phenoxy) is 1. The molecule has 1 aliphatic heterocycles. The summed E-state index contributed by atoms with van der Waals surface area (Å²) in [5.41, 5.74) is 6.26. The standard InChI is InChI=1S/C10H14N5O4P/c1-5-3-15(10(17)12-9(5)16)8-2-6(13-14-11)7(19-8)4-18-20/h3,6-8,11H,2,4,20H2,1H3/p+1/t6-,7+,8+/m0/s1. The minimum absolute atomic E-state index is 0.252. The van der Waals surface area contributed by atoms with Crippen molar-refractivity contribution in [2.24, 2.45) is 5.11 Å². The van der Waals surface area contributed by atoms with Gasteiger partial charge < -0.3 is 9.26 Å². The van der Waals surface area contributed by atoms with Gasteiger partial charge in [0.05, 0.1) is 6.61 Å². The minimum atomic E-state index is -0.571. The first-order valence-corrected chi connectivity index (χ1v) is 6.39. The third-order valence-electron chi connectivity index (χ3n) is 3.13. The molecule has 1 saturated heterocycles. The van der Waals surface area contributed by atoms with Crippen molar-refractivity contribution in [2.75, 3.05) is 6.61 Å². The van der Waals surface area contributed by atoms with Gasteiger partial charge in [-0.25, -0.2) is 4.79 Å². The maximum atomic E-state index is 11.8. The van der Waals surface area contributed by atoms with Gasteiger partial charge >= 0.3 is 5.69 Å². The van der Waals surface area contributed by atoms with E-state index in [9.17, 15) is 9.59 Å². The molecule has 0 bridgehead atoms. The second-order valence-corrected chi connectivity index (χ2v) is 4.79. The lowest BCUT2D eigenvalue weighted by Gasteiger charge is -2.15. The van der Waals surface area contributed by atoms with Crippen LogP contribution in [-0.4, -0.2) is 28.3 Å². The van der Waals surface area contributed by atoms with Crippen molar-refractivity contribution in [3.8, 4) is 0 Å². The fraction of sp³-hybridized carbons (Fsp3) is 0.600. The van der Waals surface area contributed by atoms with Crippen LogP contribution >= 0.6 is 9.47 Å². The van der Waals surface area contributed by atoms with E-state index in [1.165, 1.54) is 10.8 Å². The maximum Gasteiger partial charge on any atom is 0.330 e. The van der Waals surface area contributed by atoms with Gasteiger partial charge in [0, 0.05) is 27.6 Å². The SMILES string of the molecule is Cc1cn([C@H]2C[C@H](N=[N+]=N)[C@@H](COP)O2)c(=O)[nH]c1=O. The number of nitrogens with one attached hydrogen (secondary N) is 2. The van der Waals surface area contributed by atoms with Crippen molar-refractivity contribution in [2.45, 2.75) is 31.7 Å². The van der Waals surface area contributed by atoms with Gasteiger partial charge in [-0.1, -0.05) is 0 Å². The average Bonchev–Trinajstić information content (AvgIpc) is 2.78. The Morgan fingerprint density at radius 3 is 3.10 bits per heavy atom. The second kappa shape index (κ2) is 6.19. The van der Waals surface area contributed by atoms with Gasteiger partial charge in [-0.2, -0.15) is 0 Å². The minimum Gasteiger partial charge on any atom is -0.363 e. The predicted molar refractivity (Wildman–Crippen MR) is 71.3 cm³/mol. The molecule has 4 atom stereocenters. The lowest BCUT2D eigenvalue weighted by atomic mass is 10.1. The van der Waals surface area contributed by atoms with Gasteiger partial charge in [0.15, 0.2) is 6.04 Å². The second-order valence-electron chi connectivity index (χ2n) is 4.46. The summed E-state index contributed by atoms with van der Waals surface area (Å²) in [4.78, 5) is 28.4. The van der Waals surface area contributed by atoms with Gasteiger partial charge in [-0.3, -0.25) is 14.3 Å². The highest BCUT2D eigenvalue weighted by Crippen LogP contribution is 2.30. The number of aromatic amines is 1. The van der Waals surface area contributed by atoms with E-state index in [0.29, 0.717) is 12.0 Å². The zero-order valence-corrected chi connectivity index (χ0v) is 11.9. The zero-order valence-electron chi connectivity index (χ0n) is 10.8. The summed E-state index contributed by atoms with van der Waals surface area (Å²) < 4.78 is 11.9. The molecule has 1 unspecified atom stereocenters. The van der Waals surface area contributed by atoms with Crippen LogP contribution in [0.5, 0.6) is 0 Å². The molecule has 2 heterocycles. The highest BCUT2D eigenvalue weighted by Gasteiger charge is 2.40. The summed E-state index contributed by atoms with van der Waals surface area (Å²) in [6.07, 6.45) is 0.862. The topological polar surface area (TPSA) is 124 Å². The molecule has 0 aromatic carbocycles. The molecule has 1 aromatic rings. The molecule has 10 heteroatoms. The summed E-state index contributed by atoms with van der Waals surface area (Å²) in [6, 6.07) is -0.364. The molecule has 20 heavy (non-hydrogen) atoms. The molecule has 1 aromatic heterocycles. The Morgan fingerprint density at radius 1 is 1.70 bits per heavy atom. The number of rotatable bonds is 4. The number of H-pyrrole nitrogens is 1. The van der Waals surface area contributed by atoms with Gasteiger partial charge in [0.1, 0.15) is 23.0 Å². The van der Waals surface area contributed by atoms with Crippen LogP contribution in [0, 0.1) is 12.5 Å². The van der Waals surface area contributed by atoms with Gasteiger partial charge in [0.2, 0.25) is 4.91 Å². The van der Waals surface area contributed by atoms with Crippen molar-refractivity contribution < 1.29 is 9.26 Å². The Hall–Kier alpha value is -1.66. The van der Waals surface area contributed by atoms with Crippen LogP contribution in [0.2, 0.25) is 0 Å². The first-order valence-electron chi connectivity index (χ1n) is 5.92. The van der Waals surface area contributed by atoms with Crippen molar-refractivity contribution in [1.29, 1.82) is 5.53 Å². The molecule has 0 amide bonds. The van der Waals surface area contributed by atoms with Crippen LogP contribution in [0.1, 0.15) is 18.2 Å². The van der Waals surface area contributed by atoms with Gasteiger partial charge in [-0.05, 0) is 6.92 Å². The largest absolute Gasteiger partial charge is 0.363 e. The first kappa shape index (κ1) is 14.7. The van der Waals surface area contributed by atoms with E-state index in [0.717, 1.165) is 0 Å². The number of aryl methyl sites for hydroxylation is 1. The van der Waals surface area contributed by atoms with Crippen LogP contribution in [0.3, 0.4) is 0 Å². The molecule has 0 saturated carbocycles. The molecule has 0 aliphatic carbocycles. The molecule has 0 radical (unpaired) electrons. The number of hydrogen-bond acceptors (Lipinski definition) is 6. The van der Waals surface area contributed by atoms with Crippen LogP contribution in [0.15, 0.2) is 20.9 Å². The summed E-state index contributed by atoms with van der Waals surface area (Å²) in [5.74, 6) is 0. The van der Waals surface area contributed by atoms with E-state index < -0.39 is 23.6 Å². The summed E-state index contributed by atoms with van der Waals surface area (Å²) in [5, 5.41) is 3.76. The molecule has 2 N–H and O–H groups in total. The lowest BCUT2D eigenvalue weighted by Crippen LogP contribution is -2.33. The fourth-order valence-electron chi connectivity index (χ4n) is 2.13. The van der Waals surface area contributed by atoms with E-state index in [4.69, 9.17) is 14.8 Å². The Labute approximate surface area is 115 Å². The Kier molecular flexibility index (Phi) is 4.57. The zero-order chi connectivity index (χ0) is 14.7. The fourth-order valence-corrected chi connectivity index (χ4v) is 2.32. The smallest absolute Gasteiger partial charge is 0.330 e. The summed E-state index contributed by atoms with van der Waals surface area (Å²) in [6.45, 7) is 1.86. The highest BCUT2D eigenvalue weighted by atomic mass is 31.0. The molecule has 1 fully saturated rings. The molecule has 9 nitrogen and oxygen atoms in total. The van der Waals surface area contributed by atoms with E-state index in [2.05, 4.69) is 24.5 Å². The quantitative estimate of drug-likeness (QED) is 0.456. The van der Waals surface area contributed by atoms with Crippen molar-refractivity contribution in [3.63, 3.8) is 0 Å². The number of hydrogen-bond donors (Lipinski definition) is 2. The average molecular weight is 300 g/mol. The van der Waals surface area contributed by atoms with Crippen molar-refractivity contribution >= 4 is 9.47 Å². The lowest BCUT2D eigenvalue weighted by molar-refractivity contribution is -0.0200. The summed E-state index contributed by atoms with van der Waals surface area (Å²) in [7, 11) is 2.11. The van der Waals surface area contributed by atoms with E-state index in [1.54, 1.807) is 6.92 Å². The van der Waals surface area contributed by atoms with Crippen LogP contribution in [0.25, 0.3) is 0 Å². The highest BCUT2D eigenvalue weighted by molar-refractivity contribution is 7.09. The Balaban J connectivity index is 2.31. The van der Waals surface area contributed by atoms with E-state index >= 15 is 0 Å². The predicted octanol–water partition coefficient (Wildman–Crippen LogP) is -0.142. The molecule has 0 spiro atoms. The number of aromatic nitrogens is 2. The van der Waals surface area contributed by atoms with Crippen molar-refractivity contribution in [1.82, 2.24) is 14.5 Å². The van der Waals surface area contributed by atoms with Crippen LogP contribution in [-0.2, 0) is 9.26 Å².